The Morgan fingerprint density at radius 1 is 1.18 bits per heavy atom. The van der Waals surface area contributed by atoms with Gasteiger partial charge in [-0.2, -0.15) is 0 Å². The van der Waals surface area contributed by atoms with Crippen LogP contribution in [-0.2, 0) is 14.3 Å². The van der Waals surface area contributed by atoms with E-state index in [2.05, 4.69) is 6.92 Å². The van der Waals surface area contributed by atoms with E-state index in [1.165, 1.54) is 0 Å². The van der Waals surface area contributed by atoms with Crippen molar-refractivity contribution < 1.29 is 19.4 Å². The molecule has 0 aliphatic heterocycles. The van der Waals surface area contributed by atoms with Gasteiger partial charge in [-0.05, 0) is 32.1 Å². The van der Waals surface area contributed by atoms with Gasteiger partial charge in [0.1, 0.15) is 6.10 Å². The number of aliphatic carboxylic acids is 1. The fourth-order valence-electron chi connectivity index (χ4n) is 2.19. The molecule has 98 valence electrons. The summed E-state index contributed by atoms with van der Waals surface area (Å²) < 4.78 is 5.33. The molecule has 0 spiro atoms. The zero-order valence-corrected chi connectivity index (χ0v) is 10.5. The molecule has 0 bridgehead atoms. The summed E-state index contributed by atoms with van der Waals surface area (Å²) in [6.07, 6.45) is 6.11. The molecule has 0 radical (unpaired) electrons. The molecule has 0 saturated heterocycles. The number of esters is 1. The summed E-state index contributed by atoms with van der Waals surface area (Å²) in [7, 11) is 0. The van der Waals surface area contributed by atoms with Crippen LogP contribution >= 0.6 is 0 Å². The maximum Gasteiger partial charge on any atom is 0.306 e. The normalized spacial score (nSPS) is 24.3. The average Bonchev–Trinajstić information content (AvgIpc) is 2.30. The molecule has 1 aliphatic rings. The van der Waals surface area contributed by atoms with Crippen LogP contribution in [0.25, 0.3) is 0 Å². The summed E-state index contributed by atoms with van der Waals surface area (Å²) in [5.41, 5.74) is 0. The maximum atomic E-state index is 11.5. The van der Waals surface area contributed by atoms with E-state index in [9.17, 15) is 9.59 Å². The highest BCUT2D eigenvalue weighted by atomic mass is 16.5. The molecule has 0 atom stereocenters. The lowest BCUT2D eigenvalue weighted by Crippen LogP contribution is -2.27. The Morgan fingerprint density at radius 3 is 2.35 bits per heavy atom. The lowest BCUT2D eigenvalue weighted by Gasteiger charge is -2.25. The number of carboxylic acid groups (broad SMARTS) is 1. The smallest absolute Gasteiger partial charge is 0.306 e. The lowest BCUT2D eigenvalue weighted by molar-refractivity contribution is -0.152. The van der Waals surface area contributed by atoms with Crippen LogP contribution in [0.5, 0.6) is 0 Å². The summed E-state index contributed by atoms with van der Waals surface area (Å²) in [4.78, 5) is 22.2. The summed E-state index contributed by atoms with van der Waals surface area (Å²) in [6.45, 7) is 2.10. The second-order valence-corrected chi connectivity index (χ2v) is 4.76. The predicted octanol–water partition coefficient (Wildman–Crippen LogP) is 2.75. The van der Waals surface area contributed by atoms with E-state index in [0.717, 1.165) is 19.3 Å². The largest absolute Gasteiger partial charge is 0.481 e. The molecule has 4 heteroatoms. The number of carbonyl (C=O) groups is 2. The third kappa shape index (κ3) is 5.20. The summed E-state index contributed by atoms with van der Waals surface area (Å²) >= 11 is 0. The van der Waals surface area contributed by atoms with Crippen molar-refractivity contribution >= 4 is 11.9 Å². The molecular formula is C13H22O4. The van der Waals surface area contributed by atoms with Crippen molar-refractivity contribution in [2.75, 3.05) is 0 Å². The van der Waals surface area contributed by atoms with Gasteiger partial charge in [0.15, 0.2) is 0 Å². The molecule has 1 N–H and O–H groups in total. The van der Waals surface area contributed by atoms with Crippen LogP contribution in [0.2, 0.25) is 0 Å². The second-order valence-electron chi connectivity index (χ2n) is 4.76. The number of rotatable bonds is 6. The van der Waals surface area contributed by atoms with Gasteiger partial charge in [0.2, 0.25) is 0 Å². The van der Waals surface area contributed by atoms with Crippen molar-refractivity contribution in [2.24, 2.45) is 5.92 Å². The number of hydrogen-bond donors (Lipinski definition) is 1. The summed E-state index contributed by atoms with van der Waals surface area (Å²) in [6, 6.07) is 0. The molecule has 1 saturated carbocycles. The first-order valence-corrected chi connectivity index (χ1v) is 6.55. The van der Waals surface area contributed by atoms with E-state index >= 15 is 0 Å². The van der Waals surface area contributed by atoms with Gasteiger partial charge in [0, 0.05) is 6.42 Å². The first kappa shape index (κ1) is 14.0. The van der Waals surface area contributed by atoms with Crippen LogP contribution in [0.4, 0.5) is 0 Å². The number of unbranched alkanes of at least 4 members (excludes halogenated alkanes) is 2. The zero-order chi connectivity index (χ0) is 12.7. The molecule has 0 unspecified atom stereocenters. The number of carboxylic acids is 1. The van der Waals surface area contributed by atoms with Gasteiger partial charge < -0.3 is 9.84 Å². The minimum Gasteiger partial charge on any atom is -0.481 e. The van der Waals surface area contributed by atoms with Gasteiger partial charge >= 0.3 is 11.9 Å². The SMILES string of the molecule is CCCCCC(=O)OC1CCC(C(=O)O)CC1. The highest BCUT2D eigenvalue weighted by Gasteiger charge is 2.27. The fourth-order valence-corrected chi connectivity index (χ4v) is 2.19. The van der Waals surface area contributed by atoms with Gasteiger partial charge in [0.05, 0.1) is 5.92 Å². The van der Waals surface area contributed by atoms with Crippen LogP contribution in [0.1, 0.15) is 58.3 Å². The second kappa shape index (κ2) is 7.30. The molecule has 1 rings (SSSR count). The number of hydrogen-bond acceptors (Lipinski definition) is 3. The Kier molecular flexibility index (Phi) is 6.01. The molecule has 4 nitrogen and oxygen atoms in total. The van der Waals surface area contributed by atoms with Crippen molar-refractivity contribution in [3.8, 4) is 0 Å². The molecule has 1 fully saturated rings. The lowest BCUT2D eigenvalue weighted by atomic mass is 9.87. The molecule has 0 amide bonds. The molecular weight excluding hydrogens is 220 g/mol. The van der Waals surface area contributed by atoms with Crippen molar-refractivity contribution in [2.45, 2.75) is 64.4 Å². The Labute approximate surface area is 102 Å². The third-order valence-electron chi connectivity index (χ3n) is 3.31. The van der Waals surface area contributed by atoms with Gasteiger partial charge in [-0.1, -0.05) is 19.8 Å². The highest BCUT2D eigenvalue weighted by Crippen LogP contribution is 2.26. The minimum atomic E-state index is -0.724. The number of carbonyl (C=O) groups excluding carboxylic acids is 1. The van der Waals surface area contributed by atoms with Crippen LogP contribution < -0.4 is 0 Å². The van der Waals surface area contributed by atoms with E-state index in [0.29, 0.717) is 32.1 Å². The van der Waals surface area contributed by atoms with Gasteiger partial charge in [-0.25, -0.2) is 0 Å². The van der Waals surface area contributed by atoms with Crippen molar-refractivity contribution in [1.29, 1.82) is 0 Å². The van der Waals surface area contributed by atoms with Crippen LogP contribution in [0.15, 0.2) is 0 Å². The van der Waals surface area contributed by atoms with Crippen LogP contribution in [0.3, 0.4) is 0 Å². The summed E-state index contributed by atoms with van der Waals surface area (Å²) in [5, 5.41) is 8.84. The zero-order valence-electron chi connectivity index (χ0n) is 10.5. The average molecular weight is 242 g/mol. The molecule has 17 heavy (non-hydrogen) atoms. The quantitative estimate of drug-likeness (QED) is 0.574. The van der Waals surface area contributed by atoms with Crippen LogP contribution in [0, 0.1) is 5.92 Å². The Balaban J connectivity index is 2.17. The van der Waals surface area contributed by atoms with Crippen LogP contribution in [-0.4, -0.2) is 23.1 Å². The minimum absolute atomic E-state index is 0.0558. The number of ether oxygens (including phenoxy) is 1. The van der Waals surface area contributed by atoms with E-state index < -0.39 is 5.97 Å². The standard InChI is InChI=1S/C13H22O4/c1-2-3-4-5-12(14)17-11-8-6-10(7-9-11)13(15)16/h10-11H,2-9H2,1H3,(H,15,16). The van der Waals surface area contributed by atoms with E-state index in [1.807, 2.05) is 0 Å². The maximum absolute atomic E-state index is 11.5. The third-order valence-corrected chi connectivity index (χ3v) is 3.31. The van der Waals surface area contributed by atoms with E-state index in [-0.39, 0.29) is 18.0 Å². The molecule has 0 aromatic rings. The predicted molar refractivity (Wildman–Crippen MR) is 63.6 cm³/mol. The Bertz CT molecular complexity index is 254. The summed E-state index contributed by atoms with van der Waals surface area (Å²) in [5.74, 6) is -1.10. The monoisotopic (exact) mass is 242 g/mol. The fraction of sp³-hybridized carbons (Fsp3) is 0.846. The van der Waals surface area contributed by atoms with Gasteiger partial charge in [-0.3, -0.25) is 9.59 Å². The molecule has 1 aliphatic carbocycles. The first-order chi connectivity index (χ1) is 8.13. The van der Waals surface area contributed by atoms with E-state index in [4.69, 9.17) is 9.84 Å². The van der Waals surface area contributed by atoms with Crippen molar-refractivity contribution in [3.05, 3.63) is 0 Å². The highest BCUT2D eigenvalue weighted by molar-refractivity contribution is 5.70. The van der Waals surface area contributed by atoms with Gasteiger partial charge in [-0.15, -0.1) is 0 Å². The van der Waals surface area contributed by atoms with Crippen molar-refractivity contribution in [3.63, 3.8) is 0 Å². The Morgan fingerprint density at radius 2 is 1.82 bits per heavy atom. The molecule has 0 heterocycles. The first-order valence-electron chi connectivity index (χ1n) is 6.55. The Hall–Kier alpha value is -1.06. The van der Waals surface area contributed by atoms with Crippen molar-refractivity contribution in [1.82, 2.24) is 0 Å². The van der Waals surface area contributed by atoms with Gasteiger partial charge in [0.25, 0.3) is 0 Å². The van der Waals surface area contributed by atoms with E-state index in [1.54, 1.807) is 0 Å². The molecule has 0 aromatic heterocycles. The molecule has 0 aromatic carbocycles. The topological polar surface area (TPSA) is 63.6 Å².